The molecule has 0 heterocycles. The number of sulfonamides is 1. The molecule has 0 spiro atoms. The Bertz CT molecular complexity index is 1010. The van der Waals surface area contributed by atoms with Gasteiger partial charge >= 0.3 is 0 Å². The molecule has 0 saturated carbocycles. The molecule has 0 radical (unpaired) electrons. The van der Waals surface area contributed by atoms with Gasteiger partial charge in [0.2, 0.25) is 15.9 Å². The Morgan fingerprint density at radius 1 is 0.963 bits per heavy atom. The summed E-state index contributed by atoms with van der Waals surface area (Å²) in [7, 11) is -1.07. The average molecular weight is 430 g/mol. The van der Waals surface area contributed by atoms with E-state index in [0.717, 1.165) is 4.31 Å². The maximum absolute atomic E-state index is 12.5. The van der Waals surface area contributed by atoms with Gasteiger partial charge in [-0.05, 0) is 36.4 Å². The summed E-state index contributed by atoms with van der Waals surface area (Å²) < 4.78 is 25.6. The molecule has 0 atom stereocenters. The van der Waals surface area contributed by atoms with Crippen LogP contribution in [0.5, 0.6) is 0 Å². The van der Waals surface area contributed by atoms with Crippen molar-refractivity contribution < 1.29 is 18.0 Å². The van der Waals surface area contributed by atoms with Crippen molar-refractivity contribution in [3.8, 4) is 0 Å². The Balaban J connectivity index is 2.30. The van der Waals surface area contributed by atoms with Gasteiger partial charge < -0.3 is 10.6 Å². The highest BCUT2D eigenvalue weighted by Crippen LogP contribution is 2.28. The van der Waals surface area contributed by atoms with Crippen LogP contribution in [0.2, 0.25) is 10.0 Å². The summed E-state index contributed by atoms with van der Waals surface area (Å²) in [5.41, 5.74) is 0.890. The lowest BCUT2D eigenvalue weighted by atomic mass is 10.2. The van der Waals surface area contributed by atoms with Gasteiger partial charge in [0.15, 0.2) is 0 Å². The molecule has 0 aliphatic rings. The normalized spacial score (nSPS) is 11.3. The van der Waals surface area contributed by atoms with Crippen molar-refractivity contribution in [1.82, 2.24) is 4.31 Å². The Kier molecular flexibility index (Phi) is 6.48. The monoisotopic (exact) mass is 429 g/mol. The number of nitrogens with one attached hydrogen (secondary N) is 2. The van der Waals surface area contributed by atoms with E-state index < -0.39 is 15.9 Å². The first kappa shape index (κ1) is 21.2. The van der Waals surface area contributed by atoms with Crippen molar-refractivity contribution in [2.24, 2.45) is 0 Å². The van der Waals surface area contributed by atoms with Crippen LogP contribution >= 0.6 is 23.2 Å². The molecule has 0 unspecified atom stereocenters. The van der Waals surface area contributed by atoms with Gasteiger partial charge in [0.1, 0.15) is 4.90 Å². The summed E-state index contributed by atoms with van der Waals surface area (Å²) in [6.07, 6.45) is 0. The number of anilines is 2. The summed E-state index contributed by atoms with van der Waals surface area (Å²) in [6, 6.07) is 8.54. The van der Waals surface area contributed by atoms with Gasteiger partial charge in [0, 0.05) is 32.3 Å². The van der Waals surface area contributed by atoms with Gasteiger partial charge in [0.25, 0.3) is 5.91 Å². The fourth-order valence-corrected chi connectivity index (χ4v) is 3.75. The zero-order chi connectivity index (χ0) is 20.4. The molecule has 0 aliphatic heterocycles. The number of nitrogens with zero attached hydrogens (tertiary/aromatic N) is 1. The summed E-state index contributed by atoms with van der Waals surface area (Å²) in [6.45, 7) is 1.36. The summed E-state index contributed by atoms with van der Waals surface area (Å²) >= 11 is 12.1. The second-order valence-corrected chi connectivity index (χ2v) is 8.70. The molecule has 2 aromatic rings. The van der Waals surface area contributed by atoms with Crippen molar-refractivity contribution in [3.63, 3.8) is 0 Å². The minimum atomic E-state index is -3.81. The highest BCUT2D eigenvalue weighted by Gasteiger charge is 2.22. The summed E-state index contributed by atoms with van der Waals surface area (Å²) in [5, 5.41) is 5.40. The van der Waals surface area contributed by atoms with Gasteiger partial charge in [-0.1, -0.05) is 23.2 Å². The number of hydrogen-bond donors (Lipinski definition) is 2. The zero-order valence-electron chi connectivity index (χ0n) is 14.7. The van der Waals surface area contributed by atoms with E-state index in [-0.39, 0.29) is 26.4 Å². The van der Waals surface area contributed by atoms with Gasteiger partial charge in [-0.2, -0.15) is 0 Å². The molecule has 0 bridgehead atoms. The lowest BCUT2D eigenvalue weighted by molar-refractivity contribution is -0.114. The van der Waals surface area contributed by atoms with E-state index in [0.29, 0.717) is 11.4 Å². The van der Waals surface area contributed by atoms with E-state index in [1.165, 1.54) is 51.4 Å². The molecule has 0 saturated heterocycles. The zero-order valence-corrected chi connectivity index (χ0v) is 17.0. The third kappa shape index (κ3) is 4.98. The third-order valence-corrected chi connectivity index (χ3v) is 6.10. The van der Waals surface area contributed by atoms with Crippen molar-refractivity contribution in [2.45, 2.75) is 11.8 Å². The third-order valence-electron chi connectivity index (χ3n) is 3.49. The molecule has 0 aliphatic carbocycles. The van der Waals surface area contributed by atoms with Crippen LogP contribution in [-0.2, 0) is 14.8 Å². The molecular formula is C17H17Cl2N3O4S. The Morgan fingerprint density at radius 2 is 1.63 bits per heavy atom. The van der Waals surface area contributed by atoms with Gasteiger partial charge in [-0.25, -0.2) is 12.7 Å². The molecule has 0 fully saturated rings. The minimum Gasteiger partial charge on any atom is -0.326 e. The highest BCUT2D eigenvalue weighted by atomic mass is 35.5. The minimum absolute atomic E-state index is 0.0120. The van der Waals surface area contributed by atoms with E-state index in [2.05, 4.69) is 10.6 Å². The molecule has 2 rings (SSSR count). The topological polar surface area (TPSA) is 95.6 Å². The maximum Gasteiger partial charge on any atom is 0.255 e. The van der Waals surface area contributed by atoms with E-state index in [4.69, 9.17) is 23.2 Å². The molecule has 7 nitrogen and oxygen atoms in total. The summed E-state index contributed by atoms with van der Waals surface area (Å²) in [5.74, 6) is -0.810. The lowest BCUT2D eigenvalue weighted by Gasteiger charge is -2.14. The molecule has 2 N–H and O–H groups in total. The number of benzene rings is 2. The lowest BCUT2D eigenvalue weighted by Crippen LogP contribution is -2.23. The van der Waals surface area contributed by atoms with E-state index >= 15 is 0 Å². The van der Waals surface area contributed by atoms with Crippen molar-refractivity contribution in [1.29, 1.82) is 0 Å². The van der Waals surface area contributed by atoms with Gasteiger partial charge in [-0.15, -0.1) is 0 Å². The predicted molar refractivity (Wildman–Crippen MR) is 106 cm³/mol. The fourth-order valence-electron chi connectivity index (χ4n) is 2.13. The van der Waals surface area contributed by atoms with Crippen LogP contribution in [0.3, 0.4) is 0 Å². The predicted octanol–water partition coefficient (Wildman–Crippen LogP) is 3.45. The summed E-state index contributed by atoms with van der Waals surface area (Å²) in [4.78, 5) is 23.4. The standard InChI is InChI=1S/C17H17Cl2N3O4S/c1-10(23)20-12-5-7-15(14(19)9-12)21-17(24)11-4-6-13(18)16(8-11)27(25,26)22(2)3/h4-9H,1-3H3,(H,20,23)(H,21,24). The number of amides is 2. The quantitative estimate of drug-likeness (QED) is 0.760. The number of carbonyl (C=O) groups is 2. The number of rotatable bonds is 5. The van der Waals surface area contributed by atoms with E-state index in [1.807, 2.05) is 0 Å². The Hall–Kier alpha value is -2.13. The number of hydrogen-bond acceptors (Lipinski definition) is 4. The average Bonchev–Trinajstić information content (AvgIpc) is 2.56. The second kappa shape index (κ2) is 8.26. The van der Waals surface area contributed by atoms with Crippen LogP contribution in [0.1, 0.15) is 17.3 Å². The van der Waals surface area contributed by atoms with Crippen LogP contribution in [-0.4, -0.2) is 38.6 Å². The van der Waals surface area contributed by atoms with Gasteiger partial charge in [-0.3, -0.25) is 9.59 Å². The van der Waals surface area contributed by atoms with Crippen LogP contribution in [0.4, 0.5) is 11.4 Å². The van der Waals surface area contributed by atoms with Crippen LogP contribution < -0.4 is 10.6 Å². The van der Waals surface area contributed by atoms with E-state index in [9.17, 15) is 18.0 Å². The molecule has 27 heavy (non-hydrogen) atoms. The molecule has 2 amide bonds. The Labute approximate surface area is 167 Å². The molecule has 10 heteroatoms. The largest absolute Gasteiger partial charge is 0.326 e. The van der Waals surface area contributed by atoms with Crippen molar-refractivity contribution in [3.05, 3.63) is 52.0 Å². The molecule has 2 aromatic carbocycles. The molecule has 0 aromatic heterocycles. The van der Waals surface area contributed by atoms with Crippen molar-refractivity contribution in [2.75, 3.05) is 24.7 Å². The van der Waals surface area contributed by atoms with Crippen LogP contribution in [0.25, 0.3) is 0 Å². The first-order chi connectivity index (χ1) is 12.5. The smallest absolute Gasteiger partial charge is 0.255 e. The van der Waals surface area contributed by atoms with E-state index in [1.54, 1.807) is 6.07 Å². The maximum atomic E-state index is 12.5. The highest BCUT2D eigenvalue weighted by molar-refractivity contribution is 7.89. The Morgan fingerprint density at radius 3 is 2.19 bits per heavy atom. The SMILES string of the molecule is CC(=O)Nc1ccc(NC(=O)c2ccc(Cl)c(S(=O)(=O)N(C)C)c2)c(Cl)c1. The first-order valence-electron chi connectivity index (χ1n) is 7.63. The molecule has 144 valence electrons. The molecular weight excluding hydrogens is 413 g/mol. The van der Waals surface area contributed by atoms with Crippen LogP contribution in [0, 0.1) is 0 Å². The van der Waals surface area contributed by atoms with Crippen molar-refractivity contribution >= 4 is 56.4 Å². The fraction of sp³-hybridized carbons (Fsp3) is 0.176. The van der Waals surface area contributed by atoms with Gasteiger partial charge in [0.05, 0.1) is 15.7 Å². The number of carbonyl (C=O) groups excluding carboxylic acids is 2. The number of halogens is 2. The first-order valence-corrected chi connectivity index (χ1v) is 9.82. The second-order valence-electron chi connectivity index (χ2n) is 5.76. The van der Waals surface area contributed by atoms with Crippen LogP contribution in [0.15, 0.2) is 41.3 Å².